The molecule has 2 heteroatoms. The van der Waals surface area contributed by atoms with Gasteiger partial charge in [0.2, 0.25) is 0 Å². The van der Waals surface area contributed by atoms with Crippen LogP contribution in [-0.2, 0) is 6.42 Å². The van der Waals surface area contributed by atoms with E-state index in [2.05, 4.69) is 42.6 Å². The molecule has 16 heavy (non-hydrogen) atoms. The van der Waals surface area contributed by atoms with Gasteiger partial charge in [-0.25, -0.2) is 0 Å². The van der Waals surface area contributed by atoms with Gasteiger partial charge in [0, 0.05) is 11.9 Å². The molecule has 0 aromatic heterocycles. The highest BCUT2D eigenvalue weighted by atomic mass is 35.5. The van der Waals surface area contributed by atoms with Crippen LogP contribution < -0.4 is 5.32 Å². The first kappa shape index (κ1) is 13.5. The van der Waals surface area contributed by atoms with Gasteiger partial charge in [0.1, 0.15) is 0 Å². The fourth-order valence-corrected chi connectivity index (χ4v) is 2.09. The quantitative estimate of drug-likeness (QED) is 0.540. The van der Waals surface area contributed by atoms with E-state index in [1.54, 1.807) is 0 Å². The minimum absolute atomic E-state index is 0.591. The van der Waals surface area contributed by atoms with Crippen molar-refractivity contribution in [2.75, 3.05) is 12.4 Å². The van der Waals surface area contributed by atoms with Crippen LogP contribution in [0, 0.1) is 0 Å². The Bertz CT molecular complexity index is 261. The molecule has 0 amide bonds. The second-order valence-electron chi connectivity index (χ2n) is 4.13. The lowest BCUT2D eigenvalue weighted by Gasteiger charge is -2.15. The molecule has 0 aliphatic heterocycles. The summed E-state index contributed by atoms with van der Waals surface area (Å²) in [7, 11) is 0. The molecule has 1 aromatic carbocycles. The van der Waals surface area contributed by atoms with Gasteiger partial charge in [-0.3, -0.25) is 0 Å². The molecular weight excluding hydrogens is 218 g/mol. The smallest absolute Gasteiger partial charge is 0.0238 e. The van der Waals surface area contributed by atoms with Crippen LogP contribution in [0.25, 0.3) is 0 Å². The Balaban J connectivity index is 2.11. The number of halogens is 1. The number of aryl methyl sites for hydroxylation is 1. The predicted octanol–water partition coefficient (Wildman–Crippen LogP) is 3.62. The Morgan fingerprint density at radius 2 is 2.00 bits per heavy atom. The zero-order valence-electron chi connectivity index (χ0n) is 10.1. The Hall–Kier alpha value is -0.530. The maximum absolute atomic E-state index is 5.74. The summed E-state index contributed by atoms with van der Waals surface area (Å²) < 4.78 is 0. The molecule has 1 nitrogen and oxygen atoms in total. The number of nitrogens with one attached hydrogen (secondary N) is 1. The van der Waals surface area contributed by atoms with E-state index in [1.165, 1.54) is 12.0 Å². The molecule has 90 valence electrons. The lowest BCUT2D eigenvalue weighted by molar-refractivity contribution is 0.481. The number of hydrogen-bond acceptors (Lipinski definition) is 1. The Morgan fingerprint density at radius 1 is 1.25 bits per heavy atom. The topological polar surface area (TPSA) is 12.0 Å². The van der Waals surface area contributed by atoms with Gasteiger partial charge in [-0.2, -0.15) is 0 Å². The summed E-state index contributed by atoms with van der Waals surface area (Å²) in [6, 6.07) is 11.2. The molecule has 1 rings (SSSR count). The van der Waals surface area contributed by atoms with Crippen molar-refractivity contribution in [3.05, 3.63) is 35.9 Å². The van der Waals surface area contributed by atoms with Crippen LogP contribution in [0.15, 0.2) is 30.3 Å². The van der Waals surface area contributed by atoms with Crippen molar-refractivity contribution in [3.63, 3.8) is 0 Å². The van der Waals surface area contributed by atoms with Crippen LogP contribution in [0.3, 0.4) is 0 Å². The molecule has 0 aliphatic rings. The van der Waals surface area contributed by atoms with Crippen molar-refractivity contribution in [2.24, 2.45) is 0 Å². The summed E-state index contributed by atoms with van der Waals surface area (Å²) in [5, 5.41) is 3.56. The molecule has 0 bridgehead atoms. The van der Waals surface area contributed by atoms with Gasteiger partial charge in [0.15, 0.2) is 0 Å². The second-order valence-corrected chi connectivity index (χ2v) is 4.50. The molecule has 1 unspecified atom stereocenters. The van der Waals surface area contributed by atoms with Gasteiger partial charge < -0.3 is 5.32 Å². The lowest BCUT2D eigenvalue weighted by Crippen LogP contribution is -2.29. The monoisotopic (exact) mass is 239 g/mol. The fourth-order valence-electron chi connectivity index (χ4n) is 1.83. The highest BCUT2D eigenvalue weighted by Crippen LogP contribution is 2.03. The van der Waals surface area contributed by atoms with Crippen molar-refractivity contribution in [3.8, 4) is 0 Å². The molecule has 1 N–H and O–H groups in total. The number of alkyl halides is 1. The van der Waals surface area contributed by atoms with E-state index in [0.717, 1.165) is 31.7 Å². The third-order valence-electron chi connectivity index (χ3n) is 2.87. The highest BCUT2D eigenvalue weighted by molar-refractivity contribution is 6.17. The number of hydrogen-bond donors (Lipinski definition) is 1. The standard InChI is InChI=1S/C14H22ClN/c1-2-14(10-11-15)16-12-6-9-13-7-4-3-5-8-13/h3-5,7-8,14,16H,2,6,9-12H2,1H3. The summed E-state index contributed by atoms with van der Waals surface area (Å²) >= 11 is 5.74. The molecule has 0 spiro atoms. The van der Waals surface area contributed by atoms with E-state index in [1.807, 2.05) is 0 Å². The zero-order chi connectivity index (χ0) is 11.6. The molecule has 0 saturated heterocycles. The number of rotatable bonds is 8. The average molecular weight is 240 g/mol. The first-order valence-corrected chi connectivity index (χ1v) is 6.73. The normalized spacial score (nSPS) is 12.6. The fraction of sp³-hybridized carbons (Fsp3) is 0.571. The third kappa shape index (κ3) is 5.53. The van der Waals surface area contributed by atoms with Gasteiger partial charge in [-0.15, -0.1) is 11.6 Å². The van der Waals surface area contributed by atoms with E-state index in [0.29, 0.717) is 6.04 Å². The van der Waals surface area contributed by atoms with E-state index >= 15 is 0 Å². The molecule has 0 aliphatic carbocycles. The summed E-state index contributed by atoms with van der Waals surface area (Å²) in [5.74, 6) is 0.754. The minimum Gasteiger partial charge on any atom is -0.314 e. The van der Waals surface area contributed by atoms with Crippen LogP contribution in [0.1, 0.15) is 31.7 Å². The van der Waals surface area contributed by atoms with Gasteiger partial charge >= 0.3 is 0 Å². The van der Waals surface area contributed by atoms with Crippen LogP contribution in [0.2, 0.25) is 0 Å². The maximum Gasteiger partial charge on any atom is 0.0238 e. The molecule has 0 radical (unpaired) electrons. The molecule has 0 fully saturated rings. The predicted molar refractivity (Wildman–Crippen MR) is 72.2 cm³/mol. The largest absolute Gasteiger partial charge is 0.314 e. The SMILES string of the molecule is CCC(CCCl)NCCCc1ccccc1. The second kappa shape index (κ2) is 8.60. The van der Waals surface area contributed by atoms with Gasteiger partial charge in [0.25, 0.3) is 0 Å². The summed E-state index contributed by atoms with van der Waals surface area (Å²) in [6.45, 7) is 3.30. The van der Waals surface area contributed by atoms with Crippen LogP contribution in [0.4, 0.5) is 0 Å². The maximum atomic E-state index is 5.74. The highest BCUT2D eigenvalue weighted by Gasteiger charge is 2.03. The van der Waals surface area contributed by atoms with Crippen LogP contribution >= 0.6 is 11.6 Å². The first-order chi connectivity index (χ1) is 7.86. The van der Waals surface area contributed by atoms with Gasteiger partial charge in [-0.1, -0.05) is 37.3 Å². The Morgan fingerprint density at radius 3 is 2.62 bits per heavy atom. The summed E-state index contributed by atoms with van der Waals surface area (Å²) in [6.07, 6.45) is 4.59. The van der Waals surface area contributed by atoms with E-state index < -0.39 is 0 Å². The van der Waals surface area contributed by atoms with Crippen molar-refractivity contribution < 1.29 is 0 Å². The van der Waals surface area contributed by atoms with Crippen LogP contribution in [-0.4, -0.2) is 18.5 Å². The average Bonchev–Trinajstić information content (AvgIpc) is 2.34. The van der Waals surface area contributed by atoms with Crippen molar-refractivity contribution in [2.45, 2.75) is 38.6 Å². The summed E-state index contributed by atoms with van der Waals surface area (Å²) in [5.41, 5.74) is 1.43. The molecule has 1 aromatic rings. The van der Waals surface area contributed by atoms with Crippen molar-refractivity contribution in [1.82, 2.24) is 5.32 Å². The Kier molecular flexibility index (Phi) is 7.28. The molecular formula is C14H22ClN. The van der Waals surface area contributed by atoms with Gasteiger partial charge in [-0.05, 0) is 37.8 Å². The van der Waals surface area contributed by atoms with E-state index in [9.17, 15) is 0 Å². The van der Waals surface area contributed by atoms with Crippen LogP contribution in [0.5, 0.6) is 0 Å². The number of benzene rings is 1. The Labute approximate surface area is 104 Å². The molecule has 1 atom stereocenters. The summed E-state index contributed by atoms with van der Waals surface area (Å²) in [4.78, 5) is 0. The van der Waals surface area contributed by atoms with E-state index in [-0.39, 0.29) is 0 Å². The third-order valence-corrected chi connectivity index (χ3v) is 3.09. The lowest BCUT2D eigenvalue weighted by atomic mass is 10.1. The van der Waals surface area contributed by atoms with E-state index in [4.69, 9.17) is 11.6 Å². The minimum atomic E-state index is 0.591. The van der Waals surface area contributed by atoms with Crippen molar-refractivity contribution in [1.29, 1.82) is 0 Å². The molecule has 0 heterocycles. The first-order valence-electron chi connectivity index (χ1n) is 6.20. The zero-order valence-corrected chi connectivity index (χ0v) is 10.8. The van der Waals surface area contributed by atoms with Crippen molar-refractivity contribution >= 4 is 11.6 Å². The van der Waals surface area contributed by atoms with Gasteiger partial charge in [0.05, 0.1) is 0 Å². The molecule has 0 saturated carbocycles.